The number of hydrogen-bond donors (Lipinski definition) is 2. The Kier molecular flexibility index (Phi) is 6.56. The van der Waals surface area contributed by atoms with Crippen molar-refractivity contribution in [1.82, 2.24) is 4.98 Å². The lowest BCUT2D eigenvalue weighted by molar-refractivity contribution is -0.116. The summed E-state index contributed by atoms with van der Waals surface area (Å²) in [5.74, 6) is -1.37. The second kappa shape index (κ2) is 9.30. The van der Waals surface area contributed by atoms with Gasteiger partial charge in [-0.15, -0.1) is 0 Å². The topological polar surface area (TPSA) is 84.2 Å². The molecule has 1 aromatic heterocycles. The van der Waals surface area contributed by atoms with E-state index in [1.807, 2.05) is 6.92 Å². The zero-order valence-electron chi connectivity index (χ0n) is 16.6. The van der Waals surface area contributed by atoms with Crippen molar-refractivity contribution in [3.05, 3.63) is 65.7 Å². The average Bonchev–Trinajstić information content (AvgIpc) is 3.17. The van der Waals surface area contributed by atoms with E-state index in [1.54, 1.807) is 25.1 Å². The average molecular weight is 413 g/mol. The molecule has 8 heteroatoms. The molecule has 0 spiro atoms. The molecule has 6 nitrogen and oxygen atoms in total. The number of rotatable bonds is 7. The molecule has 0 aliphatic rings. The van der Waals surface area contributed by atoms with Gasteiger partial charge in [0.15, 0.2) is 11.7 Å². The van der Waals surface area contributed by atoms with Gasteiger partial charge in [-0.1, -0.05) is 13.0 Å². The fraction of sp³-hybridized carbons (Fsp3) is 0.227. The van der Waals surface area contributed by atoms with Crippen LogP contribution >= 0.6 is 0 Å². The molecule has 0 aliphatic carbocycles. The molecule has 3 aromatic rings. The molecular weight excluding hydrogens is 392 g/mol. The van der Waals surface area contributed by atoms with Gasteiger partial charge in [0, 0.05) is 36.7 Å². The molecule has 0 bridgehead atoms. The number of anilines is 2. The van der Waals surface area contributed by atoms with E-state index in [0.29, 0.717) is 17.8 Å². The molecular formula is C22H21F2N3O3. The number of aromatic nitrogens is 1. The smallest absolute Gasteiger partial charge is 0.224 e. The largest absolute Gasteiger partial charge is 0.441 e. The first-order chi connectivity index (χ1) is 14.4. The predicted octanol–water partition coefficient (Wildman–Crippen LogP) is 4.85. The molecule has 2 aromatic carbocycles. The molecule has 0 fully saturated rings. The van der Waals surface area contributed by atoms with Gasteiger partial charge in [-0.25, -0.2) is 13.8 Å². The maximum atomic E-state index is 13.9. The van der Waals surface area contributed by atoms with Crippen LogP contribution in [0.1, 0.15) is 31.2 Å². The summed E-state index contributed by atoms with van der Waals surface area (Å²) in [5.41, 5.74) is 2.14. The van der Waals surface area contributed by atoms with E-state index < -0.39 is 11.6 Å². The van der Waals surface area contributed by atoms with E-state index >= 15 is 0 Å². The molecule has 0 saturated carbocycles. The van der Waals surface area contributed by atoms with Crippen LogP contribution in [0.4, 0.5) is 20.2 Å². The standard InChI is InChI=1S/C22H21F2N3O3/c1-3-20(28)26-15-6-4-13(2)18(11-15)27-21(29)8-9-22-25-12-19(30-22)16-7-5-14(23)10-17(16)24/h4-7,10-12H,3,8-9H2,1-2H3,(H,26,28)(H,27,29). The zero-order valence-corrected chi connectivity index (χ0v) is 16.6. The summed E-state index contributed by atoms with van der Waals surface area (Å²) in [6.45, 7) is 3.60. The minimum atomic E-state index is -0.749. The first kappa shape index (κ1) is 21.2. The highest BCUT2D eigenvalue weighted by Crippen LogP contribution is 2.25. The third kappa shape index (κ3) is 5.28. The van der Waals surface area contributed by atoms with Crippen LogP contribution in [0.5, 0.6) is 0 Å². The number of hydrogen-bond acceptors (Lipinski definition) is 4. The van der Waals surface area contributed by atoms with Crippen LogP contribution in [0.3, 0.4) is 0 Å². The van der Waals surface area contributed by atoms with Gasteiger partial charge in [-0.2, -0.15) is 0 Å². The normalized spacial score (nSPS) is 10.7. The Balaban J connectivity index is 1.61. The molecule has 3 rings (SSSR count). The fourth-order valence-electron chi connectivity index (χ4n) is 2.76. The number of benzene rings is 2. The number of amides is 2. The highest BCUT2D eigenvalue weighted by atomic mass is 19.1. The van der Waals surface area contributed by atoms with Gasteiger partial charge in [-0.3, -0.25) is 9.59 Å². The Bertz CT molecular complexity index is 1080. The highest BCUT2D eigenvalue weighted by molar-refractivity contribution is 5.94. The molecule has 1 heterocycles. The van der Waals surface area contributed by atoms with Gasteiger partial charge in [0.1, 0.15) is 11.6 Å². The SMILES string of the molecule is CCC(=O)Nc1ccc(C)c(NC(=O)CCc2ncc(-c3ccc(F)cc3F)o2)c1. The summed E-state index contributed by atoms with van der Waals surface area (Å²) in [7, 11) is 0. The van der Waals surface area contributed by atoms with Crippen molar-refractivity contribution in [3.63, 3.8) is 0 Å². The molecule has 0 saturated heterocycles. The summed E-state index contributed by atoms with van der Waals surface area (Å²) in [5, 5.41) is 5.55. The molecule has 0 atom stereocenters. The Morgan fingerprint density at radius 1 is 1.07 bits per heavy atom. The van der Waals surface area contributed by atoms with E-state index in [-0.39, 0.29) is 41.9 Å². The Hall–Kier alpha value is -3.55. The summed E-state index contributed by atoms with van der Waals surface area (Å²) < 4.78 is 32.4. The number of oxazole rings is 1. The van der Waals surface area contributed by atoms with Crippen LogP contribution in [-0.2, 0) is 16.0 Å². The maximum absolute atomic E-state index is 13.9. The quantitative estimate of drug-likeness (QED) is 0.580. The zero-order chi connectivity index (χ0) is 21.7. The van der Waals surface area contributed by atoms with E-state index in [9.17, 15) is 18.4 Å². The van der Waals surface area contributed by atoms with Crippen LogP contribution in [0.25, 0.3) is 11.3 Å². The predicted molar refractivity (Wildman–Crippen MR) is 109 cm³/mol. The van der Waals surface area contributed by atoms with Gasteiger partial charge in [0.25, 0.3) is 0 Å². The van der Waals surface area contributed by atoms with E-state index in [1.165, 1.54) is 12.3 Å². The number of carbonyl (C=O) groups excluding carboxylic acids is 2. The third-order valence-electron chi connectivity index (χ3n) is 4.43. The number of aryl methyl sites for hydroxylation is 2. The monoisotopic (exact) mass is 413 g/mol. The molecule has 2 amide bonds. The second-order valence-electron chi connectivity index (χ2n) is 6.72. The highest BCUT2D eigenvalue weighted by Gasteiger charge is 2.14. The van der Waals surface area contributed by atoms with Crippen LogP contribution in [0, 0.1) is 18.6 Å². The van der Waals surface area contributed by atoms with Crippen molar-refractivity contribution in [1.29, 1.82) is 0 Å². The maximum Gasteiger partial charge on any atom is 0.224 e. The van der Waals surface area contributed by atoms with Crippen molar-refractivity contribution in [2.75, 3.05) is 10.6 Å². The molecule has 156 valence electrons. The van der Waals surface area contributed by atoms with Gasteiger partial charge in [0.2, 0.25) is 11.8 Å². The van der Waals surface area contributed by atoms with Crippen molar-refractivity contribution in [3.8, 4) is 11.3 Å². The lowest BCUT2D eigenvalue weighted by atomic mass is 10.1. The third-order valence-corrected chi connectivity index (χ3v) is 4.43. The molecule has 0 radical (unpaired) electrons. The minimum Gasteiger partial charge on any atom is -0.441 e. The second-order valence-corrected chi connectivity index (χ2v) is 6.72. The summed E-state index contributed by atoms with van der Waals surface area (Å²) in [6, 6.07) is 8.44. The molecule has 30 heavy (non-hydrogen) atoms. The summed E-state index contributed by atoms with van der Waals surface area (Å²) in [4.78, 5) is 27.9. The Morgan fingerprint density at radius 3 is 2.60 bits per heavy atom. The van der Waals surface area contributed by atoms with Crippen LogP contribution in [-0.4, -0.2) is 16.8 Å². The van der Waals surface area contributed by atoms with Crippen LogP contribution in [0.2, 0.25) is 0 Å². The van der Waals surface area contributed by atoms with Gasteiger partial charge >= 0.3 is 0 Å². The van der Waals surface area contributed by atoms with Crippen molar-refractivity contribution in [2.45, 2.75) is 33.1 Å². The summed E-state index contributed by atoms with van der Waals surface area (Å²) in [6.07, 6.45) is 2.00. The van der Waals surface area contributed by atoms with Crippen molar-refractivity contribution < 1.29 is 22.8 Å². The molecule has 0 unspecified atom stereocenters. The van der Waals surface area contributed by atoms with E-state index in [0.717, 1.165) is 17.7 Å². The molecule has 0 aliphatic heterocycles. The van der Waals surface area contributed by atoms with Gasteiger partial charge in [-0.05, 0) is 36.8 Å². The number of nitrogens with one attached hydrogen (secondary N) is 2. The number of halogens is 2. The number of carbonyl (C=O) groups is 2. The first-order valence-electron chi connectivity index (χ1n) is 9.46. The fourth-order valence-corrected chi connectivity index (χ4v) is 2.76. The van der Waals surface area contributed by atoms with Gasteiger partial charge in [0.05, 0.1) is 11.8 Å². The first-order valence-corrected chi connectivity index (χ1v) is 9.46. The Morgan fingerprint density at radius 2 is 1.87 bits per heavy atom. The van der Waals surface area contributed by atoms with Crippen LogP contribution in [0.15, 0.2) is 47.0 Å². The van der Waals surface area contributed by atoms with Crippen molar-refractivity contribution in [2.24, 2.45) is 0 Å². The lowest BCUT2D eigenvalue weighted by Gasteiger charge is -2.11. The van der Waals surface area contributed by atoms with E-state index in [2.05, 4.69) is 15.6 Å². The van der Waals surface area contributed by atoms with Crippen molar-refractivity contribution >= 4 is 23.2 Å². The Labute approximate surface area is 172 Å². The minimum absolute atomic E-state index is 0.0941. The summed E-state index contributed by atoms with van der Waals surface area (Å²) >= 11 is 0. The van der Waals surface area contributed by atoms with E-state index in [4.69, 9.17) is 4.42 Å². The van der Waals surface area contributed by atoms with Gasteiger partial charge < -0.3 is 15.1 Å². The number of nitrogens with zero attached hydrogens (tertiary/aromatic N) is 1. The molecule has 2 N–H and O–H groups in total. The lowest BCUT2D eigenvalue weighted by Crippen LogP contribution is -2.14. The van der Waals surface area contributed by atoms with Crippen LogP contribution < -0.4 is 10.6 Å².